The molecule has 1 amide bonds. The molecule has 0 fully saturated rings. The molecule has 1 heterocycles. The Kier molecular flexibility index (Phi) is 6.10. The van der Waals surface area contributed by atoms with Crippen LogP contribution in [-0.2, 0) is 11.2 Å². The molecule has 6 nitrogen and oxygen atoms in total. The smallest absolute Gasteiger partial charge is 0.250 e. The molecule has 2 rings (SSSR count). The van der Waals surface area contributed by atoms with Crippen molar-refractivity contribution in [3.05, 3.63) is 34.8 Å². The number of benzene rings is 1. The molecule has 122 valence electrons. The molecule has 0 atom stereocenters. The average molecular weight is 333 g/mol. The predicted octanol–water partition coefficient (Wildman–Crippen LogP) is 3.16. The van der Waals surface area contributed by atoms with Gasteiger partial charge in [-0.2, -0.15) is 0 Å². The molecule has 2 aromatic rings. The minimum atomic E-state index is -0.253. The first kappa shape index (κ1) is 17.0. The number of nitrogens with one attached hydrogen (secondary N) is 1. The fraction of sp³-hybridized carbons (Fsp3) is 0.312. The van der Waals surface area contributed by atoms with Crippen molar-refractivity contribution in [1.82, 2.24) is 10.2 Å². The second-order valence-electron chi connectivity index (χ2n) is 4.52. The summed E-state index contributed by atoms with van der Waals surface area (Å²) in [6.07, 6.45) is 3.95. The molecule has 7 heteroatoms. The average Bonchev–Trinajstić information content (AvgIpc) is 3.01. The monoisotopic (exact) mass is 333 g/mol. The third-order valence-electron chi connectivity index (χ3n) is 2.91. The minimum absolute atomic E-state index is 0.253. The molecule has 0 bridgehead atoms. The van der Waals surface area contributed by atoms with E-state index in [0.717, 1.165) is 17.0 Å². The van der Waals surface area contributed by atoms with Crippen LogP contribution in [0.5, 0.6) is 11.5 Å². The summed E-state index contributed by atoms with van der Waals surface area (Å²) in [6.45, 7) is 4.47. The number of aromatic nitrogens is 2. The highest BCUT2D eigenvalue weighted by Gasteiger charge is 2.06. The van der Waals surface area contributed by atoms with Gasteiger partial charge in [0.25, 0.3) is 0 Å². The van der Waals surface area contributed by atoms with Crippen LogP contribution in [0.3, 0.4) is 0 Å². The number of amides is 1. The zero-order chi connectivity index (χ0) is 16.7. The van der Waals surface area contributed by atoms with Crippen molar-refractivity contribution in [3.8, 4) is 11.5 Å². The standard InChI is InChI=1S/C16H19N3O3S/c1-4-15-18-19-16(23-15)17-14(20)9-7-11-6-8-12(22-5-2)13(10-11)21-3/h6-10H,4-5H2,1-3H3,(H,17,19,20)/b9-7+. The van der Waals surface area contributed by atoms with Crippen molar-refractivity contribution in [2.24, 2.45) is 0 Å². The number of ether oxygens (including phenoxy) is 2. The van der Waals surface area contributed by atoms with E-state index in [4.69, 9.17) is 9.47 Å². The molecule has 0 unspecified atom stereocenters. The topological polar surface area (TPSA) is 73.3 Å². The largest absolute Gasteiger partial charge is 0.493 e. The van der Waals surface area contributed by atoms with Gasteiger partial charge in [0, 0.05) is 6.08 Å². The normalized spacial score (nSPS) is 10.7. The maximum Gasteiger partial charge on any atom is 0.250 e. The zero-order valence-corrected chi connectivity index (χ0v) is 14.1. The van der Waals surface area contributed by atoms with Crippen LogP contribution < -0.4 is 14.8 Å². The predicted molar refractivity (Wildman–Crippen MR) is 91.1 cm³/mol. The lowest BCUT2D eigenvalue weighted by Crippen LogP contribution is -2.07. The van der Waals surface area contributed by atoms with E-state index in [-0.39, 0.29) is 5.91 Å². The molecule has 0 aliphatic rings. The summed E-state index contributed by atoms with van der Waals surface area (Å²) in [5.74, 6) is 1.06. The van der Waals surface area contributed by atoms with Crippen LogP contribution in [-0.4, -0.2) is 29.8 Å². The summed E-state index contributed by atoms with van der Waals surface area (Å²) >= 11 is 1.37. The van der Waals surface area contributed by atoms with Gasteiger partial charge in [-0.05, 0) is 37.1 Å². The lowest BCUT2D eigenvalue weighted by molar-refractivity contribution is -0.111. The van der Waals surface area contributed by atoms with Crippen molar-refractivity contribution < 1.29 is 14.3 Å². The number of carbonyl (C=O) groups is 1. The van der Waals surface area contributed by atoms with Crippen molar-refractivity contribution in [2.45, 2.75) is 20.3 Å². The maximum absolute atomic E-state index is 11.9. The van der Waals surface area contributed by atoms with Gasteiger partial charge >= 0.3 is 0 Å². The number of hydrogen-bond acceptors (Lipinski definition) is 6. The molecule has 0 aliphatic heterocycles. The van der Waals surface area contributed by atoms with Crippen molar-refractivity contribution in [3.63, 3.8) is 0 Å². The van der Waals surface area contributed by atoms with Crippen LogP contribution in [0.1, 0.15) is 24.4 Å². The Bertz CT molecular complexity index is 698. The first-order valence-electron chi connectivity index (χ1n) is 7.28. The van der Waals surface area contributed by atoms with E-state index in [1.807, 2.05) is 32.0 Å². The van der Waals surface area contributed by atoms with Gasteiger partial charge in [0.15, 0.2) is 11.5 Å². The number of methoxy groups -OCH3 is 1. The third-order valence-corrected chi connectivity index (χ3v) is 3.90. The number of aryl methyl sites for hydroxylation is 1. The summed E-state index contributed by atoms with van der Waals surface area (Å²) in [5, 5.41) is 11.9. The Balaban J connectivity index is 2.02. The van der Waals surface area contributed by atoms with E-state index in [0.29, 0.717) is 23.2 Å². The van der Waals surface area contributed by atoms with Gasteiger partial charge in [-0.25, -0.2) is 0 Å². The Morgan fingerprint density at radius 2 is 2.13 bits per heavy atom. The maximum atomic E-state index is 11.9. The Morgan fingerprint density at radius 3 is 2.78 bits per heavy atom. The van der Waals surface area contributed by atoms with Gasteiger partial charge in [-0.1, -0.05) is 24.3 Å². The molecule has 1 aromatic carbocycles. The van der Waals surface area contributed by atoms with E-state index >= 15 is 0 Å². The van der Waals surface area contributed by atoms with Crippen molar-refractivity contribution in [1.29, 1.82) is 0 Å². The van der Waals surface area contributed by atoms with Crippen molar-refractivity contribution in [2.75, 3.05) is 19.0 Å². The van der Waals surface area contributed by atoms with Crippen LogP contribution in [0.15, 0.2) is 24.3 Å². The number of nitrogens with zero attached hydrogens (tertiary/aromatic N) is 2. The van der Waals surface area contributed by atoms with Crippen LogP contribution in [0, 0.1) is 0 Å². The highest BCUT2D eigenvalue weighted by atomic mass is 32.1. The number of carbonyl (C=O) groups excluding carboxylic acids is 1. The van der Waals surface area contributed by atoms with Gasteiger partial charge in [0.2, 0.25) is 11.0 Å². The summed E-state index contributed by atoms with van der Waals surface area (Å²) in [5.41, 5.74) is 0.840. The first-order valence-corrected chi connectivity index (χ1v) is 8.10. The SMILES string of the molecule is CCOc1ccc(/C=C/C(=O)Nc2nnc(CC)s2)cc1OC. The number of rotatable bonds is 7. The molecule has 0 radical (unpaired) electrons. The van der Waals surface area contributed by atoms with Gasteiger partial charge in [-0.3, -0.25) is 10.1 Å². The van der Waals surface area contributed by atoms with Crippen molar-refractivity contribution >= 4 is 28.5 Å². The molecule has 0 saturated carbocycles. The fourth-order valence-electron chi connectivity index (χ4n) is 1.83. The van der Waals surface area contributed by atoms with Crippen LogP contribution >= 0.6 is 11.3 Å². The van der Waals surface area contributed by atoms with Gasteiger partial charge in [0.05, 0.1) is 13.7 Å². The van der Waals surface area contributed by atoms with Gasteiger partial charge < -0.3 is 9.47 Å². The van der Waals surface area contributed by atoms with Crippen LogP contribution in [0.2, 0.25) is 0 Å². The van der Waals surface area contributed by atoms with Crippen LogP contribution in [0.25, 0.3) is 6.08 Å². The summed E-state index contributed by atoms with van der Waals surface area (Å²) in [6, 6.07) is 5.49. The van der Waals surface area contributed by atoms with Gasteiger partial charge in [0.1, 0.15) is 5.01 Å². The van der Waals surface area contributed by atoms with E-state index in [1.165, 1.54) is 17.4 Å². The molecule has 23 heavy (non-hydrogen) atoms. The van der Waals surface area contributed by atoms with E-state index in [2.05, 4.69) is 15.5 Å². The fourth-order valence-corrected chi connectivity index (χ4v) is 2.51. The highest BCUT2D eigenvalue weighted by Crippen LogP contribution is 2.28. The van der Waals surface area contributed by atoms with Crippen LogP contribution in [0.4, 0.5) is 5.13 Å². The highest BCUT2D eigenvalue weighted by molar-refractivity contribution is 7.15. The Hall–Kier alpha value is -2.41. The van der Waals surface area contributed by atoms with Gasteiger partial charge in [-0.15, -0.1) is 10.2 Å². The number of hydrogen-bond donors (Lipinski definition) is 1. The first-order chi connectivity index (χ1) is 11.2. The summed E-state index contributed by atoms with van der Waals surface area (Å²) < 4.78 is 10.7. The molecule has 0 aliphatic carbocycles. The zero-order valence-electron chi connectivity index (χ0n) is 13.3. The second-order valence-corrected chi connectivity index (χ2v) is 5.58. The summed E-state index contributed by atoms with van der Waals surface area (Å²) in [4.78, 5) is 11.9. The van der Waals surface area contributed by atoms with E-state index in [9.17, 15) is 4.79 Å². The molecule has 1 aromatic heterocycles. The molecule has 1 N–H and O–H groups in total. The third kappa shape index (κ3) is 4.79. The molecule has 0 saturated heterocycles. The summed E-state index contributed by atoms with van der Waals surface area (Å²) in [7, 11) is 1.58. The van der Waals surface area contributed by atoms with E-state index < -0.39 is 0 Å². The second kappa shape index (κ2) is 8.28. The quantitative estimate of drug-likeness (QED) is 0.788. The molecule has 0 spiro atoms. The minimum Gasteiger partial charge on any atom is -0.493 e. The molecular weight excluding hydrogens is 314 g/mol. The Morgan fingerprint density at radius 1 is 1.30 bits per heavy atom. The Labute approximate surface area is 139 Å². The molecular formula is C16H19N3O3S. The number of anilines is 1. The lowest BCUT2D eigenvalue weighted by atomic mass is 10.2. The lowest BCUT2D eigenvalue weighted by Gasteiger charge is -2.09. The van der Waals surface area contributed by atoms with E-state index in [1.54, 1.807) is 13.2 Å².